The van der Waals surface area contributed by atoms with Crippen LogP contribution in [0.15, 0.2) is 22.1 Å². The molecule has 1 unspecified atom stereocenters. The van der Waals surface area contributed by atoms with E-state index in [1.54, 1.807) is 11.3 Å². The number of aromatic nitrogens is 2. The summed E-state index contributed by atoms with van der Waals surface area (Å²) in [5.74, 6) is 0.802. The number of nitrogens with zero attached hydrogens (tertiary/aromatic N) is 2. The number of rotatable bonds is 4. The molecule has 0 bridgehead atoms. The summed E-state index contributed by atoms with van der Waals surface area (Å²) in [7, 11) is 0. The Labute approximate surface area is 120 Å². The third-order valence-electron chi connectivity index (χ3n) is 2.79. The highest BCUT2D eigenvalue weighted by molar-refractivity contribution is 9.11. The van der Waals surface area contributed by atoms with E-state index in [9.17, 15) is 0 Å². The normalized spacial score (nSPS) is 12.7. The van der Waals surface area contributed by atoms with Gasteiger partial charge in [-0.25, -0.2) is 9.97 Å². The molecule has 0 spiro atoms. The van der Waals surface area contributed by atoms with Crippen molar-refractivity contribution in [1.29, 1.82) is 0 Å². The zero-order valence-electron chi connectivity index (χ0n) is 10.7. The van der Waals surface area contributed by atoms with Gasteiger partial charge in [-0.1, -0.05) is 6.92 Å². The van der Waals surface area contributed by atoms with Gasteiger partial charge in [0.2, 0.25) is 0 Å². The molecule has 0 aromatic carbocycles. The molecule has 0 aliphatic rings. The van der Waals surface area contributed by atoms with Gasteiger partial charge in [-0.15, -0.1) is 11.3 Å². The van der Waals surface area contributed by atoms with E-state index in [1.165, 1.54) is 0 Å². The predicted molar refractivity (Wildman–Crippen MR) is 79.9 cm³/mol. The first kappa shape index (κ1) is 13.6. The van der Waals surface area contributed by atoms with Crippen LogP contribution in [0.2, 0.25) is 0 Å². The Morgan fingerprint density at radius 1 is 1.44 bits per heavy atom. The Morgan fingerprint density at radius 2 is 2.22 bits per heavy atom. The van der Waals surface area contributed by atoms with Crippen molar-refractivity contribution >= 4 is 27.3 Å². The van der Waals surface area contributed by atoms with Crippen molar-refractivity contribution < 1.29 is 0 Å². The van der Waals surface area contributed by atoms with Crippen LogP contribution in [0, 0.1) is 6.92 Å². The van der Waals surface area contributed by atoms with Gasteiger partial charge in [0, 0.05) is 23.5 Å². The second kappa shape index (κ2) is 5.91. The zero-order chi connectivity index (χ0) is 13.1. The van der Waals surface area contributed by atoms with Crippen molar-refractivity contribution in [1.82, 2.24) is 15.3 Å². The van der Waals surface area contributed by atoms with Gasteiger partial charge in [-0.3, -0.25) is 0 Å². The molecule has 1 N–H and O–H groups in total. The van der Waals surface area contributed by atoms with Gasteiger partial charge in [0.15, 0.2) is 5.82 Å². The van der Waals surface area contributed by atoms with E-state index < -0.39 is 0 Å². The molecular formula is C13H16BrN3S. The lowest BCUT2D eigenvalue weighted by atomic mass is 10.1. The van der Waals surface area contributed by atoms with Crippen LogP contribution < -0.4 is 5.32 Å². The topological polar surface area (TPSA) is 37.8 Å². The van der Waals surface area contributed by atoms with Gasteiger partial charge in [0.1, 0.15) is 0 Å². The van der Waals surface area contributed by atoms with E-state index in [2.05, 4.69) is 45.1 Å². The van der Waals surface area contributed by atoms with Crippen LogP contribution in [0.3, 0.4) is 0 Å². The van der Waals surface area contributed by atoms with Crippen LogP contribution in [0.4, 0.5) is 0 Å². The van der Waals surface area contributed by atoms with Crippen LogP contribution >= 0.6 is 27.3 Å². The summed E-state index contributed by atoms with van der Waals surface area (Å²) < 4.78 is 1.10. The van der Waals surface area contributed by atoms with E-state index in [0.717, 1.165) is 32.3 Å². The minimum Gasteiger partial charge on any atom is -0.310 e. The molecule has 2 aromatic heterocycles. The van der Waals surface area contributed by atoms with E-state index in [4.69, 9.17) is 0 Å². The summed E-state index contributed by atoms with van der Waals surface area (Å²) in [6.07, 6.45) is 1.93. The number of thiophene rings is 1. The number of hydrogen-bond acceptors (Lipinski definition) is 4. The molecule has 0 aliphatic carbocycles. The Kier molecular flexibility index (Phi) is 4.48. The second-order valence-corrected chi connectivity index (χ2v) is 6.58. The van der Waals surface area contributed by atoms with Gasteiger partial charge < -0.3 is 5.32 Å². The van der Waals surface area contributed by atoms with Crippen molar-refractivity contribution in [3.05, 3.63) is 33.4 Å². The first-order valence-corrected chi connectivity index (χ1v) is 7.55. The molecule has 0 aliphatic heterocycles. The Balaban J connectivity index is 2.30. The van der Waals surface area contributed by atoms with Crippen molar-refractivity contribution in [3.8, 4) is 10.7 Å². The van der Waals surface area contributed by atoms with Crippen molar-refractivity contribution in [3.63, 3.8) is 0 Å². The number of hydrogen-bond donors (Lipinski definition) is 1. The largest absolute Gasteiger partial charge is 0.310 e. The monoisotopic (exact) mass is 325 g/mol. The van der Waals surface area contributed by atoms with Crippen LogP contribution in [0.25, 0.3) is 10.7 Å². The highest BCUT2D eigenvalue weighted by Gasteiger charge is 2.11. The molecule has 18 heavy (non-hydrogen) atoms. The highest BCUT2D eigenvalue weighted by Crippen LogP contribution is 2.29. The van der Waals surface area contributed by atoms with Crippen LogP contribution in [0.5, 0.6) is 0 Å². The first-order valence-electron chi connectivity index (χ1n) is 5.94. The second-order valence-electron chi connectivity index (χ2n) is 4.12. The average Bonchev–Trinajstić information content (AvgIpc) is 2.76. The SMILES string of the molecule is CCNC(C)c1cnc(-c2ccc(Br)s2)nc1C. The minimum atomic E-state index is 0.291. The maximum absolute atomic E-state index is 4.60. The Bertz CT molecular complexity index is 539. The molecule has 96 valence electrons. The Morgan fingerprint density at radius 3 is 2.78 bits per heavy atom. The summed E-state index contributed by atoms with van der Waals surface area (Å²) in [5, 5.41) is 3.38. The molecule has 0 amide bonds. The summed E-state index contributed by atoms with van der Waals surface area (Å²) in [6.45, 7) is 7.22. The fraction of sp³-hybridized carbons (Fsp3) is 0.385. The number of aryl methyl sites for hydroxylation is 1. The van der Waals surface area contributed by atoms with E-state index in [0.29, 0.717) is 6.04 Å². The van der Waals surface area contributed by atoms with Gasteiger partial charge in [0.05, 0.1) is 8.66 Å². The maximum Gasteiger partial charge on any atom is 0.169 e. The van der Waals surface area contributed by atoms with E-state index in [-0.39, 0.29) is 0 Å². The lowest BCUT2D eigenvalue weighted by Gasteiger charge is -2.14. The zero-order valence-corrected chi connectivity index (χ0v) is 13.1. The predicted octanol–water partition coefficient (Wildman–Crippen LogP) is 3.95. The molecule has 0 saturated heterocycles. The summed E-state index contributed by atoms with van der Waals surface area (Å²) in [4.78, 5) is 10.2. The van der Waals surface area contributed by atoms with Crippen LogP contribution in [-0.2, 0) is 0 Å². The summed E-state index contributed by atoms with van der Waals surface area (Å²) in [5.41, 5.74) is 2.20. The van der Waals surface area contributed by atoms with Crippen molar-refractivity contribution in [2.75, 3.05) is 6.54 Å². The fourth-order valence-corrected chi connectivity index (χ4v) is 3.20. The molecule has 3 nitrogen and oxygen atoms in total. The van der Waals surface area contributed by atoms with Crippen LogP contribution in [0.1, 0.15) is 31.1 Å². The van der Waals surface area contributed by atoms with E-state index >= 15 is 0 Å². The molecular weight excluding hydrogens is 310 g/mol. The summed E-state index contributed by atoms with van der Waals surface area (Å²) >= 11 is 5.11. The highest BCUT2D eigenvalue weighted by atomic mass is 79.9. The molecule has 2 heterocycles. The molecule has 2 aromatic rings. The maximum atomic E-state index is 4.60. The third kappa shape index (κ3) is 2.96. The number of halogens is 1. The molecule has 1 atom stereocenters. The molecule has 0 radical (unpaired) electrons. The molecule has 0 saturated carbocycles. The van der Waals surface area contributed by atoms with Crippen molar-refractivity contribution in [2.45, 2.75) is 26.8 Å². The standard InChI is InChI=1S/C13H16BrN3S/c1-4-15-8(2)10-7-16-13(17-9(10)3)11-5-6-12(14)18-11/h5-8,15H,4H2,1-3H3. The Hall–Kier alpha value is -0.780. The smallest absolute Gasteiger partial charge is 0.169 e. The van der Waals surface area contributed by atoms with Gasteiger partial charge >= 0.3 is 0 Å². The van der Waals surface area contributed by atoms with Gasteiger partial charge in [0.25, 0.3) is 0 Å². The lowest BCUT2D eigenvalue weighted by molar-refractivity contribution is 0.590. The molecule has 2 rings (SSSR count). The van der Waals surface area contributed by atoms with E-state index in [1.807, 2.05) is 25.3 Å². The first-order chi connectivity index (χ1) is 8.61. The molecule has 5 heteroatoms. The van der Waals surface area contributed by atoms with Gasteiger partial charge in [-0.05, 0) is 48.5 Å². The quantitative estimate of drug-likeness (QED) is 0.924. The average molecular weight is 326 g/mol. The number of nitrogens with one attached hydrogen (secondary N) is 1. The fourth-order valence-electron chi connectivity index (χ4n) is 1.87. The molecule has 0 fully saturated rings. The van der Waals surface area contributed by atoms with Crippen molar-refractivity contribution in [2.24, 2.45) is 0 Å². The van der Waals surface area contributed by atoms with Gasteiger partial charge in [-0.2, -0.15) is 0 Å². The lowest BCUT2D eigenvalue weighted by Crippen LogP contribution is -2.19. The van der Waals surface area contributed by atoms with Crippen LogP contribution in [-0.4, -0.2) is 16.5 Å². The summed E-state index contributed by atoms with van der Waals surface area (Å²) in [6, 6.07) is 4.35. The third-order valence-corrected chi connectivity index (χ3v) is 4.41. The minimum absolute atomic E-state index is 0.291.